The molecule has 0 saturated carbocycles. The van der Waals surface area contributed by atoms with Gasteiger partial charge in [-0.25, -0.2) is 9.50 Å². The van der Waals surface area contributed by atoms with Gasteiger partial charge < -0.3 is 9.64 Å². The highest BCUT2D eigenvalue weighted by Gasteiger charge is 2.20. The molecular weight excluding hydrogens is 314 g/mol. The lowest BCUT2D eigenvalue weighted by Gasteiger charge is -2.28. The number of fused-ring (bicyclic) bond motifs is 1. The molecule has 0 atom stereocenters. The van der Waals surface area contributed by atoms with E-state index in [1.807, 2.05) is 28.8 Å². The summed E-state index contributed by atoms with van der Waals surface area (Å²) in [6, 6.07) is 11.6. The smallest absolute Gasteiger partial charge is 0.178 e. The number of imidazole rings is 1. The molecular formula is C19H17N5O. The zero-order valence-corrected chi connectivity index (χ0v) is 13.7. The molecule has 0 bridgehead atoms. The van der Waals surface area contributed by atoms with Crippen LogP contribution >= 0.6 is 0 Å². The Kier molecular flexibility index (Phi) is 3.92. The first kappa shape index (κ1) is 15.4. The fourth-order valence-corrected chi connectivity index (χ4v) is 3.15. The molecule has 0 unspecified atom stereocenters. The third kappa shape index (κ3) is 2.65. The standard InChI is InChI=1S/C19H17N5O/c1-2-16-18(15-5-3-4-14(12-15)13-20)24-19(22-16)17(6-7-21-24)23-8-10-25-11-9-23/h2-7,12H,1,8-11H2. The number of nitrogens with zero attached hydrogens (tertiary/aromatic N) is 5. The molecule has 3 heterocycles. The normalized spacial score (nSPS) is 14.4. The van der Waals surface area contributed by atoms with Crippen LogP contribution in [-0.2, 0) is 4.74 Å². The van der Waals surface area contributed by atoms with Crippen molar-refractivity contribution in [3.63, 3.8) is 0 Å². The fourth-order valence-electron chi connectivity index (χ4n) is 3.15. The van der Waals surface area contributed by atoms with Crippen LogP contribution in [-0.4, -0.2) is 40.9 Å². The highest BCUT2D eigenvalue weighted by Crippen LogP contribution is 2.30. The Labute approximate surface area is 145 Å². The Morgan fingerprint density at radius 3 is 2.84 bits per heavy atom. The molecule has 3 aromatic rings. The number of hydrogen-bond donors (Lipinski definition) is 0. The van der Waals surface area contributed by atoms with Gasteiger partial charge in [0.25, 0.3) is 0 Å². The first-order valence-electron chi connectivity index (χ1n) is 8.15. The van der Waals surface area contributed by atoms with E-state index in [9.17, 15) is 5.26 Å². The van der Waals surface area contributed by atoms with Gasteiger partial charge in [0.1, 0.15) is 5.69 Å². The largest absolute Gasteiger partial charge is 0.378 e. The molecule has 0 amide bonds. The van der Waals surface area contributed by atoms with Crippen LogP contribution in [0.4, 0.5) is 5.69 Å². The van der Waals surface area contributed by atoms with Crippen LogP contribution in [0.5, 0.6) is 0 Å². The van der Waals surface area contributed by atoms with Gasteiger partial charge in [-0.2, -0.15) is 10.4 Å². The molecule has 0 aliphatic carbocycles. The van der Waals surface area contributed by atoms with Crippen molar-refractivity contribution in [1.82, 2.24) is 14.6 Å². The molecule has 1 aliphatic rings. The minimum atomic E-state index is 0.604. The first-order chi connectivity index (χ1) is 12.3. The van der Waals surface area contributed by atoms with Crippen molar-refractivity contribution in [1.29, 1.82) is 5.26 Å². The van der Waals surface area contributed by atoms with Crippen LogP contribution in [0.3, 0.4) is 0 Å². The zero-order valence-electron chi connectivity index (χ0n) is 13.7. The molecule has 0 radical (unpaired) electrons. The Morgan fingerprint density at radius 2 is 2.08 bits per heavy atom. The third-order valence-corrected chi connectivity index (χ3v) is 4.34. The molecule has 4 rings (SSSR count). The maximum absolute atomic E-state index is 9.19. The quantitative estimate of drug-likeness (QED) is 0.738. The average molecular weight is 331 g/mol. The van der Waals surface area contributed by atoms with Crippen molar-refractivity contribution < 1.29 is 4.74 Å². The molecule has 0 N–H and O–H groups in total. The van der Waals surface area contributed by atoms with Gasteiger partial charge in [-0.05, 0) is 24.3 Å². The van der Waals surface area contributed by atoms with Gasteiger partial charge >= 0.3 is 0 Å². The number of nitriles is 1. The van der Waals surface area contributed by atoms with Gasteiger partial charge in [0.15, 0.2) is 5.65 Å². The van der Waals surface area contributed by atoms with Crippen molar-refractivity contribution in [2.45, 2.75) is 0 Å². The van der Waals surface area contributed by atoms with E-state index in [0.29, 0.717) is 18.8 Å². The van der Waals surface area contributed by atoms with Gasteiger partial charge in [0, 0.05) is 18.7 Å². The van der Waals surface area contributed by atoms with E-state index >= 15 is 0 Å². The van der Waals surface area contributed by atoms with Gasteiger partial charge in [-0.15, -0.1) is 0 Å². The molecule has 1 fully saturated rings. The second-order valence-electron chi connectivity index (χ2n) is 5.79. The molecule has 6 nitrogen and oxygen atoms in total. The Hall–Kier alpha value is -3.17. The summed E-state index contributed by atoms with van der Waals surface area (Å²) in [7, 11) is 0. The Balaban J connectivity index is 1.92. The lowest BCUT2D eigenvalue weighted by atomic mass is 10.1. The number of aromatic nitrogens is 3. The van der Waals surface area contributed by atoms with Crippen molar-refractivity contribution in [3.8, 4) is 17.3 Å². The summed E-state index contributed by atoms with van der Waals surface area (Å²) in [5.41, 5.74) is 4.92. The van der Waals surface area contributed by atoms with Crippen molar-refractivity contribution in [2.24, 2.45) is 0 Å². The Bertz CT molecular complexity index is 979. The minimum absolute atomic E-state index is 0.604. The molecule has 6 heteroatoms. The molecule has 1 aromatic carbocycles. The maximum Gasteiger partial charge on any atom is 0.178 e. The van der Waals surface area contributed by atoms with Gasteiger partial charge in [0.2, 0.25) is 0 Å². The SMILES string of the molecule is C=Cc1nc2c(N3CCOCC3)ccnn2c1-c1cccc(C#N)c1. The van der Waals surface area contributed by atoms with Crippen LogP contribution in [0.25, 0.3) is 23.0 Å². The summed E-state index contributed by atoms with van der Waals surface area (Å²) in [5, 5.41) is 13.7. The predicted molar refractivity (Wildman–Crippen MR) is 96.3 cm³/mol. The lowest BCUT2D eigenvalue weighted by molar-refractivity contribution is 0.123. The van der Waals surface area contributed by atoms with E-state index in [1.54, 1.807) is 18.3 Å². The lowest BCUT2D eigenvalue weighted by Crippen LogP contribution is -2.36. The summed E-state index contributed by atoms with van der Waals surface area (Å²) in [6.45, 7) is 6.97. The molecule has 25 heavy (non-hydrogen) atoms. The first-order valence-corrected chi connectivity index (χ1v) is 8.15. The van der Waals surface area contributed by atoms with Gasteiger partial charge in [-0.1, -0.05) is 18.7 Å². The molecule has 2 aromatic heterocycles. The maximum atomic E-state index is 9.19. The van der Waals surface area contributed by atoms with Crippen LogP contribution < -0.4 is 4.90 Å². The number of ether oxygens (including phenoxy) is 1. The van der Waals surface area contributed by atoms with Gasteiger partial charge in [-0.3, -0.25) is 0 Å². The highest BCUT2D eigenvalue weighted by atomic mass is 16.5. The second-order valence-corrected chi connectivity index (χ2v) is 5.79. The van der Waals surface area contributed by atoms with Gasteiger partial charge in [0.05, 0.1) is 42.4 Å². The zero-order chi connectivity index (χ0) is 17.2. The summed E-state index contributed by atoms with van der Waals surface area (Å²) >= 11 is 0. The van der Waals surface area contributed by atoms with E-state index < -0.39 is 0 Å². The molecule has 124 valence electrons. The van der Waals surface area contributed by atoms with E-state index in [-0.39, 0.29) is 0 Å². The van der Waals surface area contributed by atoms with E-state index in [4.69, 9.17) is 9.72 Å². The van der Waals surface area contributed by atoms with Crippen molar-refractivity contribution >= 4 is 17.4 Å². The monoisotopic (exact) mass is 331 g/mol. The van der Waals surface area contributed by atoms with Crippen LogP contribution in [0, 0.1) is 11.3 Å². The molecule has 0 spiro atoms. The summed E-state index contributed by atoms with van der Waals surface area (Å²) in [4.78, 5) is 7.01. The van der Waals surface area contributed by atoms with Crippen LogP contribution in [0.1, 0.15) is 11.3 Å². The molecule has 1 saturated heterocycles. The average Bonchev–Trinajstić information content (AvgIpc) is 3.07. The fraction of sp³-hybridized carbons (Fsp3) is 0.211. The predicted octanol–water partition coefficient (Wildman–Crippen LogP) is 2.75. The minimum Gasteiger partial charge on any atom is -0.378 e. The number of anilines is 1. The second kappa shape index (κ2) is 6.38. The third-order valence-electron chi connectivity index (χ3n) is 4.34. The summed E-state index contributed by atoms with van der Waals surface area (Å²) in [5.74, 6) is 0. The molecule has 1 aliphatic heterocycles. The van der Waals surface area contributed by atoms with Crippen molar-refractivity contribution in [2.75, 3.05) is 31.2 Å². The van der Waals surface area contributed by atoms with E-state index in [0.717, 1.165) is 41.4 Å². The number of hydrogen-bond acceptors (Lipinski definition) is 5. The number of morpholine rings is 1. The van der Waals surface area contributed by atoms with Crippen LogP contribution in [0.15, 0.2) is 43.1 Å². The topological polar surface area (TPSA) is 66.4 Å². The summed E-state index contributed by atoms with van der Waals surface area (Å²) < 4.78 is 7.28. The van der Waals surface area contributed by atoms with Crippen molar-refractivity contribution in [3.05, 3.63) is 54.4 Å². The number of rotatable bonds is 3. The number of benzene rings is 1. The van der Waals surface area contributed by atoms with E-state index in [1.165, 1.54) is 0 Å². The highest BCUT2D eigenvalue weighted by molar-refractivity contribution is 5.79. The summed E-state index contributed by atoms with van der Waals surface area (Å²) in [6.07, 6.45) is 3.51. The van der Waals surface area contributed by atoms with E-state index in [2.05, 4.69) is 22.6 Å². The van der Waals surface area contributed by atoms with Crippen LogP contribution in [0.2, 0.25) is 0 Å². The Morgan fingerprint density at radius 1 is 1.24 bits per heavy atom.